The molecule has 28 heavy (non-hydrogen) atoms. The molecule has 0 fully saturated rings. The molecule has 0 aliphatic heterocycles. The number of hydrogen-bond donors (Lipinski definition) is 2. The molecule has 2 heterocycles. The van der Waals surface area contributed by atoms with Crippen molar-refractivity contribution in [3.8, 4) is 11.4 Å². The fourth-order valence-electron chi connectivity index (χ4n) is 2.49. The van der Waals surface area contributed by atoms with Gasteiger partial charge in [0.15, 0.2) is 0 Å². The van der Waals surface area contributed by atoms with Crippen LogP contribution in [0.1, 0.15) is 34.3 Å². The first-order valence-electron chi connectivity index (χ1n) is 8.18. The number of carbonyl (C=O) groups excluding carboxylic acids is 1. The third-order valence-electron chi connectivity index (χ3n) is 3.92. The average Bonchev–Trinajstić information content (AvgIpc) is 3.37. The highest BCUT2D eigenvalue weighted by atomic mass is 19.4. The molecule has 0 saturated heterocycles. The molecule has 0 radical (unpaired) electrons. The fraction of sp³-hybridized carbons (Fsp3) is 0.294. The summed E-state index contributed by atoms with van der Waals surface area (Å²) in [7, 11) is 1.55. The van der Waals surface area contributed by atoms with Gasteiger partial charge in [0.05, 0.1) is 17.8 Å². The number of methoxy groups -OCH3 is 1. The molecule has 0 aliphatic carbocycles. The zero-order chi connectivity index (χ0) is 20.1. The minimum Gasteiger partial charge on any atom is -0.385 e. The van der Waals surface area contributed by atoms with Gasteiger partial charge in [-0.05, 0) is 12.0 Å². The number of aromatic amines is 1. The van der Waals surface area contributed by atoms with Crippen molar-refractivity contribution < 1.29 is 27.2 Å². The number of carbonyl (C=O) groups is 1. The number of benzene rings is 1. The zero-order valence-corrected chi connectivity index (χ0v) is 14.7. The van der Waals surface area contributed by atoms with Crippen molar-refractivity contribution in [2.45, 2.75) is 18.6 Å². The lowest BCUT2D eigenvalue weighted by molar-refractivity contribution is -0.159. The molecule has 2 N–H and O–H groups in total. The molecule has 11 heteroatoms. The lowest BCUT2D eigenvalue weighted by atomic mass is 10.0. The van der Waals surface area contributed by atoms with Crippen molar-refractivity contribution in [2.75, 3.05) is 13.7 Å². The number of rotatable bonds is 7. The van der Waals surface area contributed by atoms with Gasteiger partial charge in [0.2, 0.25) is 5.82 Å². The van der Waals surface area contributed by atoms with E-state index in [1.165, 1.54) is 12.4 Å². The van der Waals surface area contributed by atoms with Gasteiger partial charge >= 0.3 is 12.1 Å². The van der Waals surface area contributed by atoms with Gasteiger partial charge in [-0.2, -0.15) is 23.3 Å². The Balaban J connectivity index is 1.77. The molecule has 148 valence electrons. The highest BCUT2D eigenvalue weighted by Gasteiger charge is 2.38. The minimum absolute atomic E-state index is 0.172. The van der Waals surface area contributed by atoms with Crippen LogP contribution in [-0.2, 0) is 10.9 Å². The lowest BCUT2D eigenvalue weighted by Gasteiger charge is -2.19. The largest absolute Gasteiger partial charge is 0.471 e. The van der Waals surface area contributed by atoms with Crippen LogP contribution in [0, 0.1) is 0 Å². The second kappa shape index (κ2) is 8.21. The van der Waals surface area contributed by atoms with Crippen LogP contribution in [0.25, 0.3) is 11.4 Å². The van der Waals surface area contributed by atoms with Crippen LogP contribution in [0.2, 0.25) is 0 Å². The van der Waals surface area contributed by atoms with E-state index in [-0.39, 0.29) is 17.8 Å². The summed E-state index contributed by atoms with van der Waals surface area (Å²) in [5.74, 6) is -1.89. The molecule has 3 aromatic rings. The van der Waals surface area contributed by atoms with Crippen LogP contribution >= 0.6 is 0 Å². The number of nitrogens with zero attached hydrogens (tertiary/aromatic N) is 3. The summed E-state index contributed by atoms with van der Waals surface area (Å²) in [6.45, 7) is 0.401. The van der Waals surface area contributed by atoms with Crippen LogP contribution < -0.4 is 5.32 Å². The molecule has 0 saturated carbocycles. The molecule has 3 rings (SSSR count). The van der Waals surface area contributed by atoms with Gasteiger partial charge in [-0.15, -0.1) is 0 Å². The van der Waals surface area contributed by atoms with Crippen LogP contribution in [0.5, 0.6) is 0 Å². The van der Waals surface area contributed by atoms with Crippen LogP contribution in [0.3, 0.4) is 0 Å². The maximum atomic E-state index is 12.6. The number of ether oxygens (including phenoxy) is 1. The molecular formula is C17H16F3N5O3. The Hall–Kier alpha value is -3.21. The molecule has 0 bridgehead atoms. The predicted octanol–water partition coefficient (Wildman–Crippen LogP) is 2.99. The first kappa shape index (κ1) is 19.5. The summed E-state index contributed by atoms with van der Waals surface area (Å²) >= 11 is 0. The van der Waals surface area contributed by atoms with Gasteiger partial charge in [-0.25, -0.2) is 0 Å². The summed E-state index contributed by atoms with van der Waals surface area (Å²) in [4.78, 5) is 15.6. The number of aromatic nitrogens is 4. The summed E-state index contributed by atoms with van der Waals surface area (Å²) in [5, 5.41) is 12.5. The standard InChI is InChI=1S/C17H16F3N5O3/c1-27-7-6-13(23-15(26)12-8-21-22-9-12)10-2-4-11(5-3-10)14-24-16(28-25-14)17(18,19)20/h2-5,8-9,13H,6-7H2,1H3,(H,21,22)(H,23,26). The molecule has 1 aromatic carbocycles. The number of amides is 1. The number of alkyl halides is 3. The van der Waals surface area contributed by atoms with Crippen molar-refractivity contribution >= 4 is 5.91 Å². The Bertz CT molecular complexity index is 907. The second-order valence-electron chi connectivity index (χ2n) is 5.84. The second-order valence-corrected chi connectivity index (χ2v) is 5.84. The summed E-state index contributed by atoms with van der Waals surface area (Å²) < 4.78 is 47.1. The van der Waals surface area contributed by atoms with E-state index in [1.54, 1.807) is 31.4 Å². The molecule has 1 amide bonds. The zero-order valence-electron chi connectivity index (χ0n) is 14.7. The Morgan fingerprint density at radius 1 is 1.32 bits per heavy atom. The van der Waals surface area contributed by atoms with E-state index in [9.17, 15) is 18.0 Å². The number of nitrogens with one attached hydrogen (secondary N) is 2. The Labute approximate surface area is 157 Å². The Morgan fingerprint density at radius 2 is 2.07 bits per heavy atom. The first-order chi connectivity index (χ1) is 13.4. The first-order valence-corrected chi connectivity index (χ1v) is 8.18. The van der Waals surface area contributed by atoms with E-state index >= 15 is 0 Å². The SMILES string of the molecule is COCCC(NC(=O)c1cn[nH]c1)c1ccc(-c2noc(C(F)(F)F)n2)cc1. The van der Waals surface area contributed by atoms with E-state index in [2.05, 4.69) is 30.2 Å². The highest BCUT2D eigenvalue weighted by Crippen LogP contribution is 2.29. The van der Waals surface area contributed by atoms with E-state index in [0.29, 0.717) is 24.2 Å². The monoisotopic (exact) mass is 395 g/mol. The fourth-order valence-corrected chi connectivity index (χ4v) is 2.49. The topological polar surface area (TPSA) is 106 Å². The molecule has 0 spiro atoms. The Kier molecular flexibility index (Phi) is 5.73. The number of H-pyrrole nitrogens is 1. The Morgan fingerprint density at radius 3 is 2.64 bits per heavy atom. The predicted molar refractivity (Wildman–Crippen MR) is 90.0 cm³/mol. The lowest BCUT2D eigenvalue weighted by Crippen LogP contribution is -2.29. The van der Waals surface area contributed by atoms with Crippen molar-refractivity contribution in [1.29, 1.82) is 0 Å². The van der Waals surface area contributed by atoms with Crippen molar-refractivity contribution in [1.82, 2.24) is 25.7 Å². The normalized spacial score (nSPS) is 12.7. The van der Waals surface area contributed by atoms with Gasteiger partial charge in [0.25, 0.3) is 5.91 Å². The summed E-state index contributed by atoms with van der Waals surface area (Å²) in [6, 6.07) is 6.10. The van der Waals surface area contributed by atoms with E-state index in [0.717, 1.165) is 5.56 Å². The smallest absolute Gasteiger partial charge is 0.385 e. The number of hydrogen-bond acceptors (Lipinski definition) is 6. The van der Waals surface area contributed by atoms with Crippen molar-refractivity contribution in [2.24, 2.45) is 0 Å². The molecule has 8 nitrogen and oxygen atoms in total. The third-order valence-corrected chi connectivity index (χ3v) is 3.92. The van der Waals surface area contributed by atoms with Gasteiger partial charge < -0.3 is 14.6 Å². The minimum atomic E-state index is -4.70. The van der Waals surface area contributed by atoms with Crippen molar-refractivity contribution in [3.05, 3.63) is 53.7 Å². The molecule has 2 aromatic heterocycles. The van der Waals surface area contributed by atoms with E-state index < -0.39 is 12.1 Å². The quantitative estimate of drug-likeness (QED) is 0.637. The summed E-state index contributed by atoms with van der Waals surface area (Å²) in [6.07, 6.45) is -1.33. The van der Waals surface area contributed by atoms with E-state index in [4.69, 9.17) is 4.74 Å². The molecular weight excluding hydrogens is 379 g/mol. The van der Waals surface area contributed by atoms with Crippen LogP contribution in [0.15, 0.2) is 41.2 Å². The maximum Gasteiger partial charge on any atom is 0.471 e. The molecule has 1 atom stereocenters. The highest BCUT2D eigenvalue weighted by molar-refractivity contribution is 5.93. The summed E-state index contributed by atoms with van der Waals surface area (Å²) in [5.41, 5.74) is 1.48. The van der Waals surface area contributed by atoms with Gasteiger partial charge in [-0.3, -0.25) is 9.89 Å². The average molecular weight is 395 g/mol. The van der Waals surface area contributed by atoms with Crippen molar-refractivity contribution in [3.63, 3.8) is 0 Å². The van der Waals surface area contributed by atoms with Gasteiger partial charge in [0.1, 0.15) is 0 Å². The molecule has 1 unspecified atom stereocenters. The molecule has 0 aliphatic rings. The van der Waals surface area contributed by atoms with Crippen LogP contribution in [0.4, 0.5) is 13.2 Å². The van der Waals surface area contributed by atoms with Crippen LogP contribution in [-0.4, -0.2) is 40.0 Å². The number of halogens is 3. The van der Waals surface area contributed by atoms with Gasteiger partial charge in [0, 0.05) is 25.5 Å². The maximum absolute atomic E-state index is 12.6. The van der Waals surface area contributed by atoms with Gasteiger partial charge in [-0.1, -0.05) is 29.4 Å². The third kappa shape index (κ3) is 4.55. The van der Waals surface area contributed by atoms with E-state index in [1.807, 2.05) is 0 Å².